The summed E-state index contributed by atoms with van der Waals surface area (Å²) in [5, 5.41) is 8.16. The van der Waals surface area contributed by atoms with Crippen molar-refractivity contribution in [2.75, 3.05) is 19.0 Å². The molecule has 0 aliphatic heterocycles. The van der Waals surface area contributed by atoms with E-state index in [1.54, 1.807) is 12.1 Å². The van der Waals surface area contributed by atoms with Gasteiger partial charge in [0.1, 0.15) is 5.75 Å². The van der Waals surface area contributed by atoms with Gasteiger partial charge in [0, 0.05) is 19.8 Å². The Bertz CT molecular complexity index is 757. The summed E-state index contributed by atoms with van der Waals surface area (Å²) >= 11 is 0. The number of rotatable bonds is 5. The number of nitrogens with zero attached hydrogens (tertiary/aromatic N) is 3. The second-order valence-corrected chi connectivity index (χ2v) is 6.67. The summed E-state index contributed by atoms with van der Waals surface area (Å²) in [6.07, 6.45) is 0. The molecule has 0 N–H and O–H groups in total. The van der Waals surface area contributed by atoms with Crippen LogP contribution in [0.4, 0.5) is 17.1 Å². The quantitative estimate of drug-likeness (QED) is 0.609. The van der Waals surface area contributed by atoms with Crippen molar-refractivity contribution in [2.45, 2.75) is 0 Å². The molecule has 0 saturated heterocycles. The lowest BCUT2D eigenvalue weighted by Gasteiger charge is -2.11. The van der Waals surface area contributed by atoms with Gasteiger partial charge in [-0.25, -0.2) is 0 Å². The zero-order chi connectivity index (χ0) is 16.2. The summed E-state index contributed by atoms with van der Waals surface area (Å²) in [5.41, 5.74) is 2.35. The van der Waals surface area contributed by atoms with Crippen LogP contribution in [0.3, 0.4) is 0 Å². The molecule has 0 fully saturated rings. The van der Waals surface area contributed by atoms with Crippen molar-refractivity contribution in [3.63, 3.8) is 0 Å². The number of hydrogen-bond donors (Lipinski definition) is 0. The van der Waals surface area contributed by atoms with E-state index in [1.807, 2.05) is 43.3 Å². The first kappa shape index (κ1) is 16.3. The van der Waals surface area contributed by atoms with Gasteiger partial charge in [-0.05, 0) is 48.5 Å². The molecule has 2 aromatic rings. The van der Waals surface area contributed by atoms with Gasteiger partial charge in [-0.1, -0.05) is 0 Å². The van der Waals surface area contributed by atoms with Crippen molar-refractivity contribution in [1.29, 1.82) is 0 Å². The maximum atomic E-state index is 10.8. The largest absolute Gasteiger partial charge is 0.401 e. The van der Waals surface area contributed by atoms with E-state index in [4.69, 9.17) is 10.7 Å². The molecule has 0 spiro atoms. The van der Waals surface area contributed by atoms with Crippen LogP contribution in [-0.4, -0.2) is 22.5 Å². The molecule has 0 radical (unpaired) electrons. The van der Waals surface area contributed by atoms with Crippen molar-refractivity contribution in [2.24, 2.45) is 10.2 Å². The van der Waals surface area contributed by atoms with Crippen LogP contribution in [0, 0.1) is 0 Å². The molecule has 0 atom stereocenters. The van der Waals surface area contributed by atoms with Crippen LogP contribution in [-0.2, 0) is 9.33 Å². The molecule has 8 heteroatoms. The molecule has 0 amide bonds. The Morgan fingerprint density at radius 1 is 0.909 bits per heavy atom. The highest BCUT2D eigenvalue weighted by Crippen LogP contribution is 2.23. The number of halogens is 1. The van der Waals surface area contributed by atoms with Crippen LogP contribution in [0.1, 0.15) is 0 Å². The Hall–Kier alpha value is -2.12. The Labute approximate surface area is 133 Å². The molecule has 0 aliphatic carbocycles. The summed E-state index contributed by atoms with van der Waals surface area (Å²) in [6.45, 7) is 0. The van der Waals surface area contributed by atoms with Crippen LogP contribution < -0.4 is 9.08 Å². The van der Waals surface area contributed by atoms with Crippen molar-refractivity contribution < 1.29 is 12.6 Å². The average Bonchev–Trinajstić information content (AvgIpc) is 2.45. The molecule has 22 heavy (non-hydrogen) atoms. The molecule has 2 aromatic carbocycles. The fourth-order valence-corrected chi connectivity index (χ4v) is 2.18. The third-order valence-electron chi connectivity index (χ3n) is 2.68. The first-order valence-corrected chi connectivity index (χ1v) is 8.50. The predicted octanol–water partition coefficient (Wildman–Crippen LogP) is 4.03. The van der Waals surface area contributed by atoms with E-state index in [0.29, 0.717) is 11.4 Å². The van der Waals surface area contributed by atoms with E-state index >= 15 is 0 Å². The number of hydrogen-bond acceptors (Lipinski definition) is 6. The Kier molecular flexibility index (Phi) is 4.99. The second-order valence-electron chi connectivity index (χ2n) is 4.58. The van der Waals surface area contributed by atoms with Crippen LogP contribution >= 0.6 is 10.7 Å². The highest BCUT2D eigenvalue weighted by molar-refractivity contribution is 8.10. The fourth-order valence-electron chi connectivity index (χ4n) is 1.62. The number of anilines is 1. The molecule has 0 aliphatic rings. The third-order valence-corrected chi connectivity index (χ3v) is 3.26. The van der Waals surface area contributed by atoms with Crippen LogP contribution in [0.5, 0.6) is 5.75 Å². The summed E-state index contributed by atoms with van der Waals surface area (Å²) < 4.78 is 26.1. The first-order chi connectivity index (χ1) is 10.3. The zero-order valence-corrected chi connectivity index (χ0v) is 13.5. The smallest absolute Gasteiger partial charge is 0.378 e. The topological polar surface area (TPSA) is 71.3 Å². The third kappa shape index (κ3) is 5.01. The second kappa shape index (κ2) is 6.76. The Morgan fingerprint density at radius 2 is 1.36 bits per heavy atom. The molecule has 116 valence electrons. The van der Waals surface area contributed by atoms with Crippen LogP contribution in [0.25, 0.3) is 0 Å². The van der Waals surface area contributed by atoms with Gasteiger partial charge >= 0.3 is 9.33 Å². The van der Waals surface area contributed by atoms with Gasteiger partial charge in [0.2, 0.25) is 0 Å². The molecule has 0 aromatic heterocycles. The number of azo groups is 1. The van der Waals surface area contributed by atoms with E-state index in [0.717, 1.165) is 5.69 Å². The molecule has 2 rings (SSSR count). The maximum absolute atomic E-state index is 10.8. The Morgan fingerprint density at radius 3 is 1.77 bits per heavy atom. The molecule has 0 heterocycles. The fraction of sp³-hybridized carbons (Fsp3) is 0.143. The van der Waals surface area contributed by atoms with Gasteiger partial charge in [0.15, 0.2) is 0 Å². The highest BCUT2D eigenvalue weighted by atomic mass is 35.7. The van der Waals surface area contributed by atoms with E-state index in [1.165, 1.54) is 12.1 Å². The van der Waals surface area contributed by atoms with Crippen molar-refractivity contribution in [1.82, 2.24) is 0 Å². The van der Waals surface area contributed by atoms with E-state index < -0.39 is 9.33 Å². The molecule has 6 nitrogen and oxygen atoms in total. The minimum Gasteiger partial charge on any atom is -0.378 e. The first-order valence-electron chi connectivity index (χ1n) is 6.27. The molecular weight excluding hydrogens is 326 g/mol. The summed E-state index contributed by atoms with van der Waals surface area (Å²) in [7, 11) is 4.86. The van der Waals surface area contributed by atoms with Crippen LogP contribution in [0.15, 0.2) is 58.8 Å². The van der Waals surface area contributed by atoms with Gasteiger partial charge in [-0.3, -0.25) is 0 Å². The van der Waals surface area contributed by atoms with Gasteiger partial charge in [-0.2, -0.15) is 18.6 Å². The molecular formula is C14H14ClN3O3S. The minimum absolute atomic E-state index is 0.115. The van der Waals surface area contributed by atoms with Crippen molar-refractivity contribution >= 4 is 37.1 Å². The lowest BCUT2D eigenvalue weighted by atomic mass is 10.3. The molecule has 0 unspecified atom stereocenters. The lowest BCUT2D eigenvalue weighted by Crippen LogP contribution is -2.07. The zero-order valence-electron chi connectivity index (χ0n) is 12.0. The molecule has 0 saturated carbocycles. The van der Waals surface area contributed by atoms with E-state index in [-0.39, 0.29) is 5.75 Å². The van der Waals surface area contributed by atoms with Gasteiger partial charge < -0.3 is 9.08 Å². The predicted molar refractivity (Wildman–Crippen MR) is 86.8 cm³/mol. The van der Waals surface area contributed by atoms with E-state index in [2.05, 4.69) is 14.4 Å². The minimum atomic E-state index is -4.04. The van der Waals surface area contributed by atoms with Crippen molar-refractivity contribution in [3.8, 4) is 5.75 Å². The van der Waals surface area contributed by atoms with E-state index in [9.17, 15) is 8.42 Å². The number of benzene rings is 2. The molecule has 0 bridgehead atoms. The van der Waals surface area contributed by atoms with Gasteiger partial charge in [-0.15, -0.1) is 0 Å². The van der Waals surface area contributed by atoms with Crippen LogP contribution in [0.2, 0.25) is 0 Å². The average molecular weight is 340 g/mol. The van der Waals surface area contributed by atoms with Crippen molar-refractivity contribution in [3.05, 3.63) is 48.5 Å². The van der Waals surface area contributed by atoms with Gasteiger partial charge in [0.05, 0.1) is 22.1 Å². The summed E-state index contributed by atoms with van der Waals surface area (Å²) in [4.78, 5) is 1.99. The maximum Gasteiger partial charge on any atom is 0.401 e. The summed E-state index contributed by atoms with van der Waals surface area (Å²) in [5.74, 6) is 0.115. The van der Waals surface area contributed by atoms with Gasteiger partial charge in [0.25, 0.3) is 0 Å². The highest BCUT2D eigenvalue weighted by Gasteiger charge is 2.06. The SMILES string of the molecule is CN(C)c1ccc(N=Nc2ccc(OS(=O)(=O)Cl)cc2)cc1. The lowest BCUT2D eigenvalue weighted by molar-refractivity contribution is 0.503. The monoisotopic (exact) mass is 339 g/mol. The standard InChI is InChI=1S/C14H14ClN3O3S/c1-18(2)13-7-3-11(4-8-13)16-17-12-5-9-14(10-6-12)21-22(15,19)20/h3-10H,1-2H3. The normalized spacial score (nSPS) is 11.6. The Balaban J connectivity index is 2.06. The summed E-state index contributed by atoms with van der Waals surface area (Å²) in [6, 6.07) is 13.6.